The van der Waals surface area contributed by atoms with E-state index in [-0.39, 0.29) is 10.6 Å². The molecule has 0 spiro atoms. The van der Waals surface area contributed by atoms with Crippen LogP contribution in [0.2, 0.25) is 0 Å². The molecule has 0 aromatic heterocycles. The molecule has 1 aliphatic rings. The fraction of sp³-hybridized carbons (Fsp3) is 0.600. The van der Waals surface area contributed by atoms with Crippen LogP contribution in [0.4, 0.5) is 5.69 Å². The van der Waals surface area contributed by atoms with Crippen LogP contribution in [0, 0.1) is 16.0 Å². The Kier molecular flexibility index (Phi) is 4.73. The summed E-state index contributed by atoms with van der Waals surface area (Å²) in [5.41, 5.74) is 1.43. The molecule has 0 aliphatic heterocycles. The zero-order valence-electron chi connectivity index (χ0n) is 10.8. The molecule has 0 saturated heterocycles. The molecular weight excluding hydrogens is 226 g/mol. The molecule has 0 amide bonds. The van der Waals surface area contributed by atoms with Crippen molar-refractivity contribution < 1.29 is 4.92 Å². The highest BCUT2D eigenvalue weighted by molar-refractivity contribution is 5.33. The topological polar surface area (TPSA) is 43.1 Å². The van der Waals surface area contributed by atoms with Gasteiger partial charge in [0.05, 0.1) is 4.92 Å². The fourth-order valence-electron chi connectivity index (χ4n) is 2.83. The number of nitrogens with zero attached hydrogens (tertiary/aromatic N) is 1. The van der Waals surface area contributed by atoms with Gasteiger partial charge in [-0.1, -0.05) is 57.1 Å². The van der Waals surface area contributed by atoms with Gasteiger partial charge in [0, 0.05) is 12.1 Å². The molecule has 3 nitrogen and oxygen atoms in total. The Morgan fingerprint density at radius 3 is 2.11 bits per heavy atom. The van der Waals surface area contributed by atoms with E-state index < -0.39 is 0 Å². The lowest BCUT2D eigenvalue weighted by atomic mass is 9.87. The molecule has 0 bridgehead atoms. The maximum absolute atomic E-state index is 10.6. The summed E-state index contributed by atoms with van der Waals surface area (Å²) in [7, 11) is 0. The summed E-state index contributed by atoms with van der Waals surface area (Å²) >= 11 is 0. The minimum Gasteiger partial charge on any atom is -0.258 e. The summed E-state index contributed by atoms with van der Waals surface area (Å²) in [6.45, 7) is 0. The van der Waals surface area contributed by atoms with Crippen LogP contribution in [0.25, 0.3) is 0 Å². The molecule has 1 aromatic rings. The number of nitro groups is 1. The molecule has 98 valence electrons. The molecule has 0 heterocycles. The lowest BCUT2D eigenvalue weighted by Crippen LogP contribution is -2.07. The van der Waals surface area contributed by atoms with Crippen LogP contribution in [-0.2, 0) is 6.42 Å². The number of nitro benzene ring substituents is 1. The second kappa shape index (κ2) is 6.53. The van der Waals surface area contributed by atoms with Crippen LogP contribution in [0.3, 0.4) is 0 Å². The quantitative estimate of drug-likeness (QED) is 0.583. The first kappa shape index (κ1) is 13.1. The van der Waals surface area contributed by atoms with Gasteiger partial charge in [-0.15, -0.1) is 0 Å². The number of benzene rings is 1. The first-order valence-corrected chi connectivity index (χ1v) is 6.99. The van der Waals surface area contributed by atoms with Crippen molar-refractivity contribution in [3.63, 3.8) is 0 Å². The van der Waals surface area contributed by atoms with E-state index in [9.17, 15) is 10.1 Å². The van der Waals surface area contributed by atoms with E-state index in [4.69, 9.17) is 0 Å². The lowest BCUT2D eigenvalue weighted by molar-refractivity contribution is -0.384. The molecule has 1 aromatic carbocycles. The van der Waals surface area contributed by atoms with Crippen molar-refractivity contribution in [1.29, 1.82) is 0 Å². The Morgan fingerprint density at radius 1 is 1.00 bits per heavy atom. The Hall–Kier alpha value is -1.38. The lowest BCUT2D eigenvalue weighted by Gasteiger charge is -2.19. The van der Waals surface area contributed by atoms with E-state index in [1.807, 2.05) is 12.1 Å². The fourth-order valence-corrected chi connectivity index (χ4v) is 2.83. The average molecular weight is 247 g/mol. The van der Waals surface area contributed by atoms with Crippen LogP contribution in [0.5, 0.6) is 0 Å². The predicted molar refractivity (Wildman–Crippen MR) is 72.6 cm³/mol. The Morgan fingerprint density at radius 2 is 1.56 bits per heavy atom. The van der Waals surface area contributed by atoms with E-state index in [2.05, 4.69) is 0 Å². The van der Waals surface area contributed by atoms with Gasteiger partial charge in [0.25, 0.3) is 5.69 Å². The third-order valence-electron chi connectivity index (χ3n) is 3.90. The highest BCUT2D eigenvalue weighted by atomic mass is 16.6. The minimum absolute atomic E-state index is 0.191. The summed E-state index contributed by atoms with van der Waals surface area (Å²) < 4.78 is 0. The highest BCUT2D eigenvalue weighted by Crippen LogP contribution is 2.26. The molecule has 1 aliphatic carbocycles. The van der Waals surface area contributed by atoms with Crippen molar-refractivity contribution in [2.75, 3.05) is 0 Å². The summed E-state index contributed by atoms with van der Waals surface area (Å²) in [6, 6.07) is 7.07. The zero-order valence-corrected chi connectivity index (χ0v) is 10.8. The standard InChI is InChI=1S/C15H21NO2/c17-16(18)15-10-8-14(9-11-15)12-13-6-4-2-1-3-5-7-13/h8-11,13H,1-7,12H2. The highest BCUT2D eigenvalue weighted by Gasteiger charge is 2.12. The van der Waals surface area contributed by atoms with E-state index in [0.717, 1.165) is 12.3 Å². The van der Waals surface area contributed by atoms with E-state index in [0.29, 0.717) is 0 Å². The van der Waals surface area contributed by atoms with E-state index in [1.54, 1.807) is 12.1 Å². The maximum atomic E-state index is 10.6. The van der Waals surface area contributed by atoms with Crippen LogP contribution in [-0.4, -0.2) is 4.92 Å². The summed E-state index contributed by atoms with van der Waals surface area (Å²) in [5.74, 6) is 0.770. The monoisotopic (exact) mass is 247 g/mol. The van der Waals surface area contributed by atoms with Crippen molar-refractivity contribution in [3.8, 4) is 0 Å². The summed E-state index contributed by atoms with van der Waals surface area (Å²) in [6.07, 6.45) is 10.5. The molecule has 0 atom stereocenters. The second-order valence-electron chi connectivity index (χ2n) is 5.34. The number of non-ortho nitro benzene ring substituents is 1. The molecule has 2 rings (SSSR count). The van der Waals surface area contributed by atoms with Gasteiger partial charge in [-0.05, 0) is 17.9 Å². The van der Waals surface area contributed by atoms with Gasteiger partial charge in [0.2, 0.25) is 0 Å². The first-order valence-electron chi connectivity index (χ1n) is 6.99. The van der Waals surface area contributed by atoms with E-state index >= 15 is 0 Å². The minimum atomic E-state index is -0.334. The van der Waals surface area contributed by atoms with Gasteiger partial charge in [-0.2, -0.15) is 0 Å². The van der Waals surface area contributed by atoms with Gasteiger partial charge in [0.15, 0.2) is 0 Å². The molecule has 1 saturated carbocycles. The van der Waals surface area contributed by atoms with Gasteiger partial charge >= 0.3 is 0 Å². The van der Waals surface area contributed by atoms with Crippen LogP contribution in [0.15, 0.2) is 24.3 Å². The van der Waals surface area contributed by atoms with Gasteiger partial charge in [-0.3, -0.25) is 10.1 Å². The van der Waals surface area contributed by atoms with Crippen molar-refractivity contribution in [1.82, 2.24) is 0 Å². The predicted octanol–water partition coefficient (Wildman–Crippen LogP) is 4.50. The smallest absolute Gasteiger partial charge is 0.258 e. The largest absolute Gasteiger partial charge is 0.269 e. The van der Waals surface area contributed by atoms with Gasteiger partial charge < -0.3 is 0 Å². The van der Waals surface area contributed by atoms with Crippen molar-refractivity contribution in [2.24, 2.45) is 5.92 Å². The first-order chi connectivity index (χ1) is 8.75. The van der Waals surface area contributed by atoms with Gasteiger partial charge in [0.1, 0.15) is 0 Å². The van der Waals surface area contributed by atoms with Crippen molar-refractivity contribution >= 4 is 5.69 Å². The second-order valence-corrected chi connectivity index (χ2v) is 5.34. The normalized spacial score (nSPS) is 18.0. The van der Waals surface area contributed by atoms with Crippen molar-refractivity contribution in [2.45, 2.75) is 51.4 Å². The molecule has 1 fully saturated rings. The number of hydrogen-bond donors (Lipinski definition) is 0. The molecular formula is C15H21NO2. The average Bonchev–Trinajstić information content (AvgIpc) is 2.33. The van der Waals surface area contributed by atoms with Gasteiger partial charge in [-0.25, -0.2) is 0 Å². The summed E-state index contributed by atoms with van der Waals surface area (Å²) in [4.78, 5) is 10.3. The Balaban J connectivity index is 1.92. The van der Waals surface area contributed by atoms with Crippen LogP contribution in [0.1, 0.15) is 50.5 Å². The third-order valence-corrected chi connectivity index (χ3v) is 3.90. The van der Waals surface area contributed by atoms with Crippen molar-refractivity contribution in [3.05, 3.63) is 39.9 Å². The van der Waals surface area contributed by atoms with Crippen LogP contribution >= 0.6 is 0 Å². The molecule has 0 N–H and O–H groups in total. The van der Waals surface area contributed by atoms with E-state index in [1.165, 1.54) is 50.5 Å². The molecule has 0 unspecified atom stereocenters. The summed E-state index contributed by atoms with van der Waals surface area (Å²) in [5, 5.41) is 10.6. The number of rotatable bonds is 3. The molecule has 3 heteroatoms. The Labute approximate surface area is 108 Å². The molecule has 0 radical (unpaired) electrons. The third kappa shape index (κ3) is 3.83. The number of hydrogen-bond acceptors (Lipinski definition) is 2. The van der Waals surface area contributed by atoms with Crippen LogP contribution < -0.4 is 0 Å². The Bertz CT molecular complexity index is 378. The molecule has 18 heavy (non-hydrogen) atoms. The zero-order chi connectivity index (χ0) is 12.8. The maximum Gasteiger partial charge on any atom is 0.269 e. The SMILES string of the molecule is O=[N+]([O-])c1ccc(CC2CCCCCCC2)cc1.